The molecule has 0 aromatic heterocycles. The monoisotopic (exact) mass is 411 g/mol. The van der Waals surface area contributed by atoms with Gasteiger partial charge in [0.1, 0.15) is 12.2 Å². The van der Waals surface area contributed by atoms with Crippen LogP contribution in [0.5, 0.6) is 0 Å². The molecule has 2 aliphatic rings. The van der Waals surface area contributed by atoms with E-state index in [0.717, 1.165) is 0 Å². The Bertz CT molecular complexity index is 784. The van der Waals surface area contributed by atoms with E-state index in [1.165, 1.54) is 39.2 Å². The lowest BCUT2D eigenvalue weighted by Gasteiger charge is -2.47. The zero-order valence-electron chi connectivity index (χ0n) is 16.0. The van der Waals surface area contributed by atoms with Crippen LogP contribution < -0.4 is 0 Å². The van der Waals surface area contributed by atoms with Crippen molar-refractivity contribution in [2.45, 2.75) is 50.8 Å². The van der Waals surface area contributed by atoms with E-state index in [0.29, 0.717) is 0 Å². The number of fused-ring (bicyclic) bond motifs is 1. The maximum absolute atomic E-state index is 11.7. The number of rotatable bonds is 5. The molecule has 2 aliphatic heterocycles. The number of ether oxygens (including phenoxy) is 6. The van der Waals surface area contributed by atoms with Gasteiger partial charge in [-0.25, -0.2) is 0 Å². The Morgan fingerprint density at radius 3 is 2.38 bits per heavy atom. The highest BCUT2D eigenvalue weighted by Gasteiger charge is 2.54. The Kier molecular flexibility index (Phi) is 6.42. The van der Waals surface area contributed by atoms with Crippen LogP contribution in [0.3, 0.4) is 0 Å². The molecule has 2 heterocycles. The van der Waals surface area contributed by atoms with Gasteiger partial charge in [0.2, 0.25) is 0 Å². The molecular formula is C18H21NO10. The highest BCUT2D eigenvalue weighted by molar-refractivity contribution is 5.67. The molecular weight excluding hydrogens is 390 g/mol. The van der Waals surface area contributed by atoms with Crippen LogP contribution in [0, 0.1) is 10.1 Å². The first-order chi connectivity index (χ1) is 13.8. The van der Waals surface area contributed by atoms with Gasteiger partial charge in [-0.15, -0.1) is 0 Å². The zero-order valence-corrected chi connectivity index (χ0v) is 16.0. The van der Waals surface area contributed by atoms with E-state index in [1.54, 1.807) is 6.07 Å². The summed E-state index contributed by atoms with van der Waals surface area (Å²) in [6.07, 6.45) is -5.89. The molecule has 2 saturated heterocycles. The van der Waals surface area contributed by atoms with Gasteiger partial charge in [0.05, 0.1) is 17.1 Å². The van der Waals surface area contributed by atoms with Crippen LogP contribution in [0.1, 0.15) is 25.7 Å². The summed E-state index contributed by atoms with van der Waals surface area (Å²) in [5.74, 6) is -1.25. The number of hydrogen-bond acceptors (Lipinski definition) is 10. The molecule has 11 heteroatoms. The van der Waals surface area contributed by atoms with Crippen molar-refractivity contribution >= 4 is 17.6 Å². The molecule has 1 unspecified atom stereocenters. The topological polar surface area (TPSA) is 133 Å². The van der Waals surface area contributed by atoms with Crippen molar-refractivity contribution in [3.05, 3.63) is 39.9 Å². The minimum absolute atomic E-state index is 0.00814. The predicted molar refractivity (Wildman–Crippen MR) is 93.4 cm³/mol. The Hall–Kier alpha value is -2.60. The van der Waals surface area contributed by atoms with Crippen molar-refractivity contribution in [2.75, 3.05) is 13.7 Å². The fraction of sp³-hybridized carbons (Fsp3) is 0.556. The summed E-state index contributed by atoms with van der Waals surface area (Å²) in [5, 5.41) is 11.3. The third kappa shape index (κ3) is 4.53. The number of nitro groups is 1. The molecule has 0 N–H and O–H groups in total. The summed E-state index contributed by atoms with van der Waals surface area (Å²) >= 11 is 0. The van der Waals surface area contributed by atoms with Gasteiger partial charge in [-0.3, -0.25) is 19.7 Å². The third-order valence-electron chi connectivity index (χ3n) is 4.51. The summed E-state index contributed by atoms with van der Waals surface area (Å²) < 4.78 is 33.2. The largest absolute Gasteiger partial charge is 0.455 e. The fourth-order valence-electron chi connectivity index (χ4n) is 3.39. The van der Waals surface area contributed by atoms with Gasteiger partial charge in [-0.1, -0.05) is 12.1 Å². The number of methoxy groups -OCH3 is 1. The maximum atomic E-state index is 11.7. The van der Waals surface area contributed by atoms with Gasteiger partial charge in [-0.2, -0.15) is 0 Å². The average molecular weight is 411 g/mol. The molecule has 158 valence electrons. The molecule has 11 nitrogen and oxygen atoms in total. The van der Waals surface area contributed by atoms with Crippen molar-refractivity contribution in [1.82, 2.24) is 0 Å². The minimum atomic E-state index is -1.10. The summed E-state index contributed by atoms with van der Waals surface area (Å²) in [4.78, 5) is 34.0. The van der Waals surface area contributed by atoms with E-state index in [2.05, 4.69) is 0 Å². The second kappa shape index (κ2) is 8.82. The summed E-state index contributed by atoms with van der Waals surface area (Å²) in [6.45, 7) is 2.40. The number of nitrogens with zero attached hydrogens (tertiary/aromatic N) is 1. The number of carbonyl (C=O) groups is 2. The van der Waals surface area contributed by atoms with Gasteiger partial charge in [0.15, 0.2) is 24.8 Å². The van der Waals surface area contributed by atoms with E-state index in [9.17, 15) is 19.7 Å². The zero-order chi connectivity index (χ0) is 21.1. The molecule has 1 aromatic carbocycles. The summed E-state index contributed by atoms with van der Waals surface area (Å²) in [5.41, 5.74) is 0.0263. The van der Waals surface area contributed by atoms with Crippen molar-refractivity contribution in [3.63, 3.8) is 0 Å². The Balaban J connectivity index is 1.91. The van der Waals surface area contributed by atoms with E-state index in [4.69, 9.17) is 28.4 Å². The molecule has 0 aliphatic carbocycles. The molecule has 0 radical (unpaired) electrons. The summed E-state index contributed by atoms with van der Waals surface area (Å²) in [7, 11) is 1.35. The number of esters is 2. The molecule has 0 spiro atoms. The van der Waals surface area contributed by atoms with Gasteiger partial charge in [0.25, 0.3) is 5.69 Å². The van der Waals surface area contributed by atoms with Crippen LogP contribution in [-0.2, 0) is 38.0 Å². The molecule has 0 amide bonds. The normalized spacial score (nSPS) is 31.4. The Morgan fingerprint density at radius 1 is 1.10 bits per heavy atom. The van der Waals surface area contributed by atoms with E-state index >= 15 is 0 Å². The highest BCUT2D eigenvalue weighted by Crippen LogP contribution is 2.38. The van der Waals surface area contributed by atoms with E-state index < -0.39 is 53.9 Å². The van der Waals surface area contributed by atoms with Crippen LogP contribution in [0.2, 0.25) is 0 Å². The molecule has 0 saturated carbocycles. The highest BCUT2D eigenvalue weighted by atomic mass is 16.8. The third-order valence-corrected chi connectivity index (χ3v) is 4.51. The van der Waals surface area contributed by atoms with E-state index in [1.807, 2.05) is 0 Å². The smallest absolute Gasteiger partial charge is 0.303 e. The lowest BCUT2D eigenvalue weighted by Crippen LogP contribution is -2.64. The van der Waals surface area contributed by atoms with Crippen molar-refractivity contribution in [2.24, 2.45) is 0 Å². The number of carbonyl (C=O) groups excluding carboxylic acids is 2. The average Bonchev–Trinajstić information content (AvgIpc) is 2.68. The molecule has 2 fully saturated rings. The second-order valence-corrected chi connectivity index (χ2v) is 6.51. The summed E-state index contributed by atoms with van der Waals surface area (Å²) in [6, 6.07) is 5.98. The van der Waals surface area contributed by atoms with Gasteiger partial charge in [-0.05, 0) is 6.07 Å². The molecule has 1 aromatic rings. The van der Waals surface area contributed by atoms with Gasteiger partial charge in [0, 0.05) is 27.0 Å². The van der Waals surface area contributed by atoms with Crippen LogP contribution >= 0.6 is 0 Å². The van der Waals surface area contributed by atoms with Crippen molar-refractivity contribution in [1.29, 1.82) is 0 Å². The number of nitro benzene ring substituents is 1. The minimum Gasteiger partial charge on any atom is -0.455 e. The Labute approximate surface area is 165 Å². The number of benzene rings is 1. The molecule has 29 heavy (non-hydrogen) atoms. The first-order valence-corrected chi connectivity index (χ1v) is 8.85. The molecule has 0 bridgehead atoms. The van der Waals surface area contributed by atoms with Crippen molar-refractivity contribution in [3.8, 4) is 0 Å². The number of hydrogen-bond donors (Lipinski definition) is 0. The van der Waals surface area contributed by atoms with Crippen LogP contribution in [0.25, 0.3) is 0 Å². The van der Waals surface area contributed by atoms with E-state index in [-0.39, 0.29) is 17.9 Å². The Morgan fingerprint density at radius 2 is 1.76 bits per heavy atom. The van der Waals surface area contributed by atoms with Gasteiger partial charge < -0.3 is 28.4 Å². The standard InChI is InChI=1S/C18H21NO10/c1-9(20)26-15-14-13(28-18(24-3)16(15)27-10(2)21)8-25-17(29-14)11-6-4-5-7-12(11)19(22)23/h4-7,13-18H,8H2,1-3H3/t13-,14-,15+,16-,17?,18+/m1/s1. The SMILES string of the molecule is CO[C@H]1O[C@@H]2COC(c3ccccc3[N+](=O)[O-])O[C@H]2[C@H](OC(C)=O)[C@H]1OC(C)=O. The molecule has 6 atom stereocenters. The quantitative estimate of drug-likeness (QED) is 0.396. The van der Waals surface area contributed by atoms with Crippen LogP contribution in [0.15, 0.2) is 24.3 Å². The lowest BCUT2D eigenvalue weighted by atomic mass is 9.97. The first-order valence-electron chi connectivity index (χ1n) is 8.85. The van der Waals surface area contributed by atoms with Crippen LogP contribution in [0.4, 0.5) is 5.69 Å². The predicted octanol–water partition coefficient (Wildman–Crippen LogP) is 1.24. The van der Waals surface area contributed by atoms with Crippen LogP contribution in [-0.4, -0.2) is 61.3 Å². The number of para-hydroxylation sites is 1. The lowest BCUT2D eigenvalue weighted by molar-refractivity contribution is -0.391. The molecule has 3 rings (SSSR count). The van der Waals surface area contributed by atoms with Crippen molar-refractivity contribution < 1.29 is 42.9 Å². The first kappa shape index (κ1) is 21.1. The second-order valence-electron chi connectivity index (χ2n) is 6.51. The van der Waals surface area contributed by atoms with Gasteiger partial charge >= 0.3 is 11.9 Å². The fourth-order valence-corrected chi connectivity index (χ4v) is 3.39. The maximum Gasteiger partial charge on any atom is 0.303 e.